The molecular formula is C26H24N6O3S2. The number of nitrogen functional groups attached to an aromatic ring is 1. The van der Waals surface area contributed by atoms with Crippen molar-refractivity contribution in [1.82, 2.24) is 19.9 Å². The van der Waals surface area contributed by atoms with Gasteiger partial charge in [0.1, 0.15) is 5.01 Å². The molecule has 188 valence electrons. The van der Waals surface area contributed by atoms with E-state index in [-0.39, 0.29) is 11.7 Å². The predicted molar refractivity (Wildman–Crippen MR) is 148 cm³/mol. The van der Waals surface area contributed by atoms with E-state index < -0.39 is 0 Å². The normalized spacial score (nSPS) is 11.0. The van der Waals surface area contributed by atoms with Gasteiger partial charge in [0.25, 0.3) is 0 Å². The third kappa shape index (κ3) is 5.23. The minimum Gasteiger partial charge on any atom is -0.493 e. The number of benzene rings is 3. The summed E-state index contributed by atoms with van der Waals surface area (Å²) in [6.07, 6.45) is 0. The zero-order valence-corrected chi connectivity index (χ0v) is 22.0. The van der Waals surface area contributed by atoms with Crippen molar-refractivity contribution in [2.45, 2.75) is 12.1 Å². The molecule has 0 fully saturated rings. The highest BCUT2D eigenvalue weighted by Crippen LogP contribution is 2.33. The molecule has 0 radical (unpaired) electrons. The molecule has 9 nitrogen and oxygen atoms in total. The Hall–Kier alpha value is -4.09. The van der Waals surface area contributed by atoms with Gasteiger partial charge in [0.15, 0.2) is 17.3 Å². The Bertz CT molecular complexity index is 1580. The maximum atomic E-state index is 12.6. The number of nitrogens with zero attached hydrogens (tertiary/aromatic N) is 4. The van der Waals surface area contributed by atoms with Gasteiger partial charge < -0.3 is 20.6 Å². The minimum absolute atomic E-state index is 0.125. The van der Waals surface area contributed by atoms with Crippen LogP contribution in [0, 0.1) is 6.92 Å². The fourth-order valence-electron chi connectivity index (χ4n) is 3.73. The molecule has 3 N–H and O–H groups in total. The maximum absolute atomic E-state index is 12.6. The molecular weight excluding hydrogens is 508 g/mol. The second kappa shape index (κ2) is 10.5. The lowest BCUT2D eigenvalue weighted by Gasteiger charge is -2.09. The molecule has 0 saturated carbocycles. The van der Waals surface area contributed by atoms with Crippen LogP contribution in [-0.4, -0.2) is 45.7 Å². The Kier molecular flexibility index (Phi) is 6.97. The van der Waals surface area contributed by atoms with Crippen molar-refractivity contribution in [3.63, 3.8) is 0 Å². The Balaban J connectivity index is 1.21. The van der Waals surface area contributed by atoms with Crippen molar-refractivity contribution in [2.75, 3.05) is 31.1 Å². The summed E-state index contributed by atoms with van der Waals surface area (Å²) >= 11 is 2.85. The summed E-state index contributed by atoms with van der Waals surface area (Å²) in [6.45, 7) is 2.07. The van der Waals surface area contributed by atoms with Gasteiger partial charge >= 0.3 is 0 Å². The highest BCUT2D eigenvalue weighted by molar-refractivity contribution is 7.99. The van der Waals surface area contributed by atoms with Crippen molar-refractivity contribution in [3.05, 3.63) is 66.2 Å². The number of aryl methyl sites for hydroxylation is 1. The van der Waals surface area contributed by atoms with Crippen LogP contribution in [0.15, 0.2) is 65.8 Å². The molecule has 3 aromatic carbocycles. The van der Waals surface area contributed by atoms with Crippen molar-refractivity contribution in [1.29, 1.82) is 0 Å². The fourth-order valence-corrected chi connectivity index (χ4v) is 5.45. The van der Waals surface area contributed by atoms with Crippen LogP contribution < -0.4 is 20.6 Å². The van der Waals surface area contributed by atoms with Gasteiger partial charge in [0, 0.05) is 16.8 Å². The van der Waals surface area contributed by atoms with Crippen molar-refractivity contribution in [3.8, 4) is 33.5 Å². The number of nitrogens with two attached hydrogens (primary N) is 1. The van der Waals surface area contributed by atoms with Gasteiger partial charge in [-0.3, -0.25) is 4.79 Å². The fraction of sp³-hybridized carbons (Fsp3) is 0.154. The average Bonchev–Trinajstić information content (AvgIpc) is 3.50. The molecule has 0 unspecified atom stereocenters. The van der Waals surface area contributed by atoms with Crippen molar-refractivity contribution >= 4 is 44.9 Å². The quantitative estimate of drug-likeness (QED) is 0.212. The van der Waals surface area contributed by atoms with E-state index in [1.54, 1.807) is 37.7 Å². The largest absolute Gasteiger partial charge is 0.493 e. The third-order valence-electron chi connectivity index (χ3n) is 5.60. The van der Waals surface area contributed by atoms with Gasteiger partial charge in [-0.2, -0.15) is 0 Å². The summed E-state index contributed by atoms with van der Waals surface area (Å²) in [5, 5.41) is 12.6. The Labute approximate surface area is 221 Å². The zero-order chi connectivity index (χ0) is 25.9. The second-order valence-corrected chi connectivity index (χ2v) is 10.1. The number of rotatable bonds is 8. The number of methoxy groups -OCH3 is 2. The van der Waals surface area contributed by atoms with Gasteiger partial charge in [0.2, 0.25) is 11.1 Å². The monoisotopic (exact) mass is 532 g/mol. The smallest absolute Gasteiger partial charge is 0.234 e. The number of thioether (sulfide) groups is 1. The number of fused-ring (bicyclic) bond motifs is 1. The van der Waals surface area contributed by atoms with E-state index >= 15 is 0 Å². The molecule has 5 rings (SSSR count). The molecule has 2 aromatic heterocycles. The average molecular weight is 533 g/mol. The number of anilines is 1. The minimum atomic E-state index is -0.177. The maximum Gasteiger partial charge on any atom is 0.234 e. The van der Waals surface area contributed by atoms with E-state index in [9.17, 15) is 4.79 Å². The van der Waals surface area contributed by atoms with E-state index in [1.165, 1.54) is 22.0 Å². The van der Waals surface area contributed by atoms with E-state index in [4.69, 9.17) is 20.3 Å². The number of nitrogens with one attached hydrogen (secondary N) is 1. The first-order chi connectivity index (χ1) is 17.9. The summed E-state index contributed by atoms with van der Waals surface area (Å²) < 4.78 is 13.1. The van der Waals surface area contributed by atoms with Crippen LogP contribution >= 0.6 is 23.1 Å². The number of hydrogen-bond donors (Lipinski definition) is 2. The number of carbonyl (C=O) groups is 1. The van der Waals surface area contributed by atoms with Crippen molar-refractivity contribution in [2.24, 2.45) is 0 Å². The Morgan fingerprint density at radius 1 is 1.00 bits per heavy atom. The molecule has 11 heteroatoms. The van der Waals surface area contributed by atoms with Crippen LogP contribution in [0.3, 0.4) is 0 Å². The lowest BCUT2D eigenvalue weighted by atomic mass is 10.2. The number of aromatic nitrogens is 4. The van der Waals surface area contributed by atoms with Gasteiger partial charge in [-0.1, -0.05) is 17.8 Å². The lowest BCUT2D eigenvalue weighted by molar-refractivity contribution is -0.113. The van der Waals surface area contributed by atoms with Gasteiger partial charge in [-0.05, 0) is 67.1 Å². The zero-order valence-electron chi connectivity index (χ0n) is 20.4. The van der Waals surface area contributed by atoms with Gasteiger partial charge in [-0.25, -0.2) is 9.66 Å². The molecule has 0 aliphatic rings. The number of ether oxygens (including phenoxy) is 2. The molecule has 2 heterocycles. The number of thiazole rings is 1. The summed E-state index contributed by atoms with van der Waals surface area (Å²) in [5.41, 5.74) is 4.62. The van der Waals surface area contributed by atoms with Crippen LogP contribution in [0.25, 0.3) is 32.2 Å². The van der Waals surface area contributed by atoms with Crippen molar-refractivity contribution < 1.29 is 14.3 Å². The molecule has 37 heavy (non-hydrogen) atoms. The predicted octanol–water partition coefficient (Wildman–Crippen LogP) is 4.99. The molecule has 0 atom stereocenters. The summed E-state index contributed by atoms with van der Waals surface area (Å²) in [5.74, 6) is 7.76. The Morgan fingerprint density at radius 3 is 2.51 bits per heavy atom. The van der Waals surface area contributed by atoms with Crippen LogP contribution in [-0.2, 0) is 4.79 Å². The summed E-state index contributed by atoms with van der Waals surface area (Å²) in [4.78, 5) is 17.3. The number of hydrogen-bond acceptors (Lipinski definition) is 9. The van der Waals surface area contributed by atoms with Crippen LogP contribution in [0.4, 0.5) is 5.69 Å². The molecule has 1 amide bonds. The first-order valence-electron chi connectivity index (χ1n) is 11.3. The Morgan fingerprint density at radius 2 is 1.76 bits per heavy atom. The second-order valence-electron chi connectivity index (χ2n) is 8.15. The summed E-state index contributed by atoms with van der Waals surface area (Å²) in [7, 11) is 3.13. The van der Waals surface area contributed by atoms with Gasteiger partial charge in [0.05, 0.1) is 30.2 Å². The van der Waals surface area contributed by atoms with E-state index in [1.807, 2.05) is 36.4 Å². The lowest BCUT2D eigenvalue weighted by Crippen LogP contribution is -2.16. The van der Waals surface area contributed by atoms with Gasteiger partial charge in [-0.15, -0.1) is 21.5 Å². The molecule has 0 aliphatic heterocycles. The highest BCUT2D eigenvalue weighted by Gasteiger charge is 2.16. The molecule has 0 aliphatic carbocycles. The third-order valence-corrected chi connectivity index (χ3v) is 7.61. The first kappa shape index (κ1) is 24.6. The van der Waals surface area contributed by atoms with E-state index in [2.05, 4.69) is 34.6 Å². The van der Waals surface area contributed by atoms with E-state index in [0.29, 0.717) is 33.7 Å². The highest BCUT2D eigenvalue weighted by atomic mass is 32.2. The molecule has 0 bridgehead atoms. The van der Waals surface area contributed by atoms with E-state index in [0.717, 1.165) is 20.8 Å². The topological polar surface area (TPSA) is 117 Å². The number of amides is 1. The summed E-state index contributed by atoms with van der Waals surface area (Å²) in [6, 6.07) is 19.3. The molecule has 0 spiro atoms. The first-order valence-corrected chi connectivity index (χ1v) is 13.1. The molecule has 0 saturated heterocycles. The van der Waals surface area contributed by atoms with Crippen LogP contribution in [0.5, 0.6) is 11.5 Å². The molecule has 5 aromatic rings. The van der Waals surface area contributed by atoms with Crippen LogP contribution in [0.1, 0.15) is 5.56 Å². The van der Waals surface area contributed by atoms with Crippen LogP contribution in [0.2, 0.25) is 0 Å². The number of carbonyl (C=O) groups excluding carboxylic acids is 1. The standard InChI is InChI=1S/C26H24N6O3S2/c1-15-4-10-19-22(12-15)37-25(29-19)16-5-8-18(9-6-16)28-23(33)14-36-26-31-30-24(32(26)27)17-7-11-20(34-2)21(13-17)35-3/h4-13H,14,27H2,1-3H3,(H,28,33). The SMILES string of the molecule is COc1ccc(-c2nnc(SCC(=O)Nc3ccc(-c4nc5ccc(C)cc5s4)cc3)n2N)cc1OC.